The lowest BCUT2D eigenvalue weighted by Gasteiger charge is -2.09. The highest BCUT2D eigenvalue weighted by atomic mass is 79.9. The molecule has 102 valence electrons. The van der Waals surface area contributed by atoms with Crippen molar-refractivity contribution in [2.24, 2.45) is 10.7 Å². The Balaban J connectivity index is 2.54. The zero-order chi connectivity index (χ0) is 14.5. The lowest BCUT2D eigenvalue weighted by molar-refractivity contribution is -0.116. The highest BCUT2D eigenvalue weighted by Gasteiger charge is 2.11. The number of hydrogen-bond acceptors (Lipinski definition) is 2. The van der Waals surface area contributed by atoms with Crippen LogP contribution in [0.2, 0.25) is 5.02 Å². The van der Waals surface area contributed by atoms with Gasteiger partial charge in [0.1, 0.15) is 6.54 Å². The monoisotopic (exact) mass is 350 g/mol. The van der Waals surface area contributed by atoms with Crippen molar-refractivity contribution in [3.63, 3.8) is 0 Å². The van der Waals surface area contributed by atoms with Crippen LogP contribution in [0.3, 0.4) is 0 Å². The zero-order valence-corrected chi connectivity index (χ0v) is 12.9. The van der Waals surface area contributed by atoms with Gasteiger partial charge in [-0.15, -0.1) is 0 Å². The predicted octanol–water partition coefficient (Wildman–Crippen LogP) is 3.43. The first kappa shape index (κ1) is 14.8. The molecule has 0 saturated heterocycles. The second-order valence-electron chi connectivity index (χ2n) is 4.12. The fraction of sp³-hybridized carbons (Fsp3) is 0.0667. The molecule has 20 heavy (non-hydrogen) atoms. The Labute approximate surface area is 130 Å². The Hall–Kier alpha value is -1.65. The van der Waals surface area contributed by atoms with Gasteiger partial charge in [0.05, 0.1) is 5.71 Å². The number of carbonyl (C=O) groups excluding carboxylic acids is 1. The first-order chi connectivity index (χ1) is 9.58. The summed E-state index contributed by atoms with van der Waals surface area (Å²) < 4.78 is 0.925. The molecule has 0 aliphatic carbocycles. The van der Waals surface area contributed by atoms with Crippen molar-refractivity contribution in [3.05, 3.63) is 69.2 Å². The van der Waals surface area contributed by atoms with E-state index in [4.69, 9.17) is 17.3 Å². The summed E-state index contributed by atoms with van der Waals surface area (Å²) >= 11 is 9.64. The molecule has 2 rings (SSSR count). The summed E-state index contributed by atoms with van der Waals surface area (Å²) in [5.41, 5.74) is 7.47. The van der Waals surface area contributed by atoms with Crippen LogP contribution in [-0.2, 0) is 4.79 Å². The number of rotatable bonds is 4. The summed E-state index contributed by atoms with van der Waals surface area (Å²) in [7, 11) is 0. The largest absolute Gasteiger partial charge is 0.368 e. The molecule has 1 amide bonds. The van der Waals surface area contributed by atoms with E-state index >= 15 is 0 Å². The number of hydrogen-bond donors (Lipinski definition) is 1. The molecule has 0 heterocycles. The lowest BCUT2D eigenvalue weighted by atomic mass is 10.0. The van der Waals surface area contributed by atoms with Gasteiger partial charge in [-0.05, 0) is 18.2 Å². The van der Waals surface area contributed by atoms with Crippen LogP contribution in [-0.4, -0.2) is 18.2 Å². The molecule has 0 saturated carbocycles. The summed E-state index contributed by atoms with van der Waals surface area (Å²) in [6.07, 6.45) is 0. The standard InChI is InChI=1S/C15H12BrClN2O/c16-11-5-3-4-10(8-11)15(19-9-14(18)20)12-6-1-2-7-13(12)17/h1-8H,9H2,(H2,18,20). The number of benzene rings is 2. The van der Waals surface area contributed by atoms with Crippen molar-refractivity contribution >= 4 is 39.1 Å². The molecule has 0 unspecified atom stereocenters. The first-order valence-corrected chi connectivity index (χ1v) is 7.08. The Morgan fingerprint density at radius 3 is 2.60 bits per heavy atom. The number of aliphatic imine (C=N–C) groups is 1. The summed E-state index contributed by atoms with van der Waals surface area (Å²) in [6, 6.07) is 15.0. The van der Waals surface area contributed by atoms with Crippen molar-refractivity contribution in [1.82, 2.24) is 0 Å². The summed E-state index contributed by atoms with van der Waals surface area (Å²) in [5, 5.41) is 0.579. The van der Waals surface area contributed by atoms with Gasteiger partial charge in [-0.25, -0.2) is 0 Å². The third-order valence-electron chi connectivity index (χ3n) is 2.62. The first-order valence-electron chi connectivity index (χ1n) is 5.91. The minimum atomic E-state index is -0.482. The molecule has 5 heteroatoms. The van der Waals surface area contributed by atoms with Gasteiger partial charge in [-0.2, -0.15) is 0 Å². The number of amides is 1. The van der Waals surface area contributed by atoms with E-state index < -0.39 is 5.91 Å². The average molecular weight is 352 g/mol. The van der Waals surface area contributed by atoms with Crippen LogP contribution in [0.1, 0.15) is 11.1 Å². The molecule has 0 spiro atoms. The Bertz CT molecular complexity index is 670. The summed E-state index contributed by atoms with van der Waals surface area (Å²) in [6.45, 7) is -0.0763. The third kappa shape index (κ3) is 3.68. The Kier molecular flexibility index (Phi) is 4.93. The van der Waals surface area contributed by atoms with E-state index in [-0.39, 0.29) is 6.54 Å². The summed E-state index contributed by atoms with van der Waals surface area (Å²) in [4.78, 5) is 15.3. The zero-order valence-electron chi connectivity index (χ0n) is 10.5. The van der Waals surface area contributed by atoms with Gasteiger partial charge in [0.15, 0.2) is 0 Å². The lowest BCUT2D eigenvalue weighted by Crippen LogP contribution is -2.16. The fourth-order valence-corrected chi connectivity index (χ4v) is 2.40. The van der Waals surface area contributed by atoms with Crippen LogP contribution in [0.25, 0.3) is 0 Å². The van der Waals surface area contributed by atoms with E-state index in [1.807, 2.05) is 42.5 Å². The van der Waals surface area contributed by atoms with E-state index in [2.05, 4.69) is 20.9 Å². The van der Waals surface area contributed by atoms with Crippen molar-refractivity contribution in [2.45, 2.75) is 0 Å². The highest BCUT2D eigenvalue weighted by Crippen LogP contribution is 2.22. The van der Waals surface area contributed by atoms with Gasteiger partial charge in [-0.1, -0.05) is 57.9 Å². The molecule has 0 atom stereocenters. The maximum atomic E-state index is 11.0. The molecule has 0 aliphatic rings. The van der Waals surface area contributed by atoms with Crippen LogP contribution in [0, 0.1) is 0 Å². The Morgan fingerprint density at radius 2 is 1.95 bits per heavy atom. The molecular weight excluding hydrogens is 340 g/mol. The van der Waals surface area contributed by atoms with Crippen LogP contribution in [0.15, 0.2) is 58.0 Å². The minimum Gasteiger partial charge on any atom is -0.368 e. The predicted molar refractivity (Wildman–Crippen MR) is 85.3 cm³/mol. The van der Waals surface area contributed by atoms with Crippen LogP contribution in [0.5, 0.6) is 0 Å². The molecule has 0 radical (unpaired) electrons. The van der Waals surface area contributed by atoms with Gasteiger partial charge in [0.2, 0.25) is 5.91 Å². The molecule has 0 aromatic heterocycles. The van der Waals surface area contributed by atoms with Crippen molar-refractivity contribution in [2.75, 3.05) is 6.54 Å². The van der Waals surface area contributed by atoms with E-state index in [1.54, 1.807) is 6.07 Å². The van der Waals surface area contributed by atoms with Crippen LogP contribution in [0.4, 0.5) is 0 Å². The average Bonchev–Trinajstić information content (AvgIpc) is 2.41. The number of carbonyl (C=O) groups is 1. The van der Waals surface area contributed by atoms with Gasteiger partial charge in [-0.3, -0.25) is 9.79 Å². The summed E-state index contributed by atoms with van der Waals surface area (Å²) in [5.74, 6) is -0.482. The van der Waals surface area contributed by atoms with E-state index in [1.165, 1.54) is 0 Å². The van der Waals surface area contributed by atoms with Crippen molar-refractivity contribution in [3.8, 4) is 0 Å². The second-order valence-corrected chi connectivity index (χ2v) is 5.44. The normalized spacial score (nSPS) is 11.4. The number of halogens is 2. The number of nitrogens with zero attached hydrogens (tertiary/aromatic N) is 1. The Morgan fingerprint density at radius 1 is 1.20 bits per heavy atom. The molecule has 2 aromatic carbocycles. The van der Waals surface area contributed by atoms with Crippen molar-refractivity contribution in [1.29, 1.82) is 0 Å². The SMILES string of the molecule is NC(=O)CN=C(c1cccc(Br)c1)c1ccccc1Cl. The molecule has 3 nitrogen and oxygen atoms in total. The van der Waals surface area contributed by atoms with Gasteiger partial charge < -0.3 is 5.73 Å². The molecule has 0 bridgehead atoms. The molecule has 0 aliphatic heterocycles. The molecule has 2 aromatic rings. The van der Waals surface area contributed by atoms with Crippen LogP contribution < -0.4 is 5.73 Å². The molecule has 0 fully saturated rings. The minimum absolute atomic E-state index is 0.0763. The topological polar surface area (TPSA) is 55.5 Å². The quantitative estimate of drug-likeness (QED) is 0.843. The smallest absolute Gasteiger partial charge is 0.239 e. The maximum Gasteiger partial charge on any atom is 0.239 e. The highest BCUT2D eigenvalue weighted by molar-refractivity contribution is 9.10. The molecular formula is C15H12BrClN2O. The van der Waals surface area contributed by atoms with Gasteiger partial charge in [0.25, 0.3) is 0 Å². The molecule has 2 N–H and O–H groups in total. The number of primary amides is 1. The van der Waals surface area contributed by atoms with Gasteiger partial charge >= 0.3 is 0 Å². The van der Waals surface area contributed by atoms with E-state index in [9.17, 15) is 4.79 Å². The van der Waals surface area contributed by atoms with Crippen LogP contribution >= 0.6 is 27.5 Å². The fourth-order valence-electron chi connectivity index (χ4n) is 1.78. The van der Waals surface area contributed by atoms with Gasteiger partial charge in [0, 0.05) is 20.6 Å². The second kappa shape index (κ2) is 6.68. The third-order valence-corrected chi connectivity index (χ3v) is 3.44. The van der Waals surface area contributed by atoms with E-state index in [0.29, 0.717) is 10.7 Å². The maximum absolute atomic E-state index is 11.0. The number of nitrogens with two attached hydrogens (primary N) is 1. The van der Waals surface area contributed by atoms with Crippen molar-refractivity contribution < 1.29 is 4.79 Å². The van der Waals surface area contributed by atoms with E-state index in [0.717, 1.165) is 15.6 Å².